The fraction of sp³-hybridized carbons (Fsp3) is 0.353. The number of nitrogens with one attached hydrogen (secondary N) is 1. The summed E-state index contributed by atoms with van der Waals surface area (Å²) in [6.45, 7) is 8.64. The first-order valence-corrected chi connectivity index (χ1v) is 16.0. The molecule has 220 valence electrons. The Balaban J connectivity index is 1.52. The summed E-state index contributed by atoms with van der Waals surface area (Å²) < 4.78 is 31.8. The van der Waals surface area contributed by atoms with E-state index in [2.05, 4.69) is 36.5 Å². The lowest BCUT2D eigenvalue weighted by molar-refractivity contribution is -0.119. The number of hydrogen-bond donors (Lipinski definition) is 1. The Morgan fingerprint density at radius 1 is 1.10 bits per heavy atom. The molecule has 0 saturated heterocycles. The molecule has 0 unspecified atom stereocenters. The van der Waals surface area contributed by atoms with Crippen molar-refractivity contribution in [1.29, 1.82) is 0 Å². The van der Waals surface area contributed by atoms with Crippen LogP contribution in [0.5, 0.6) is 0 Å². The monoisotopic (exact) mass is 584 g/mol. The van der Waals surface area contributed by atoms with Gasteiger partial charge in [-0.25, -0.2) is 18.1 Å². The maximum atomic E-state index is 14.0. The number of rotatable bonds is 9. The summed E-state index contributed by atoms with van der Waals surface area (Å²) in [6.07, 6.45) is 5.43. The molecule has 0 spiro atoms. The maximum absolute atomic E-state index is 14.0. The Hall–Kier alpha value is -3.75. The van der Waals surface area contributed by atoms with Crippen LogP contribution in [-0.4, -0.2) is 23.9 Å². The number of anilines is 1. The first kappa shape index (κ1) is 29.7. The van der Waals surface area contributed by atoms with Crippen LogP contribution < -0.4 is 9.62 Å². The average Bonchev–Trinajstić information content (AvgIpc) is 3.37. The lowest BCUT2D eigenvalue weighted by atomic mass is 9.71. The Morgan fingerprint density at radius 3 is 2.55 bits per heavy atom. The highest BCUT2D eigenvalue weighted by Crippen LogP contribution is 2.43. The highest BCUT2D eigenvalue weighted by Gasteiger charge is 2.35. The summed E-state index contributed by atoms with van der Waals surface area (Å²) in [5.41, 5.74) is 4.61. The molecular formula is C34H40N4O3S. The average molecular weight is 585 g/mol. The molecule has 5 rings (SSSR count). The largest absolute Gasteiger partial charge is 0.337 e. The molecule has 0 aliphatic heterocycles. The molecule has 1 N–H and O–H groups in total. The zero-order valence-corrected chi connectivity index (χ0v) is 25.9. The molecule has 0 fully saturated rings. The normalized spacial score (nSPS) is 16.9. The SMILES string of the molecule is Cc1cccc(S(=O)(=O)N[C@@H]2CCC(C)(C)c3ccc(N(Cc4nccn4C)C(=O)C[C@@H](C)c4ccccc4)cc32)c1. The number of nitrogens with zero attached hydrogens (tertiary/aromatic N) is 3. The van der Waals surface area contributed by atoms with Gasteiger partial charge in [-0.05, 0) is 77.6 Å². The Kier molecular flexibility index (Phi) is 8.39. The molecule has 2 atom stereocenters. The molecule has 1 amide bonds. The number of fused-ring (bicyclic) bond motifs is 1. The van der Waals surface area contributed by atoms with Crippen LogP contribution in [0.15, 0.2) is 90.1 Å². The summed E-state index contributed by atoms with van der Waals surface area (Å²) in [7, 11) is -1.83. The first-order chi connectivity index (χ1) is 19.9. The summed E-state index contributed by atoms with van der Waals surface area (Å²) in [5, 5.41) is 0. The summed E-state index contributed by atoms with van der Waals surface area (Å²) in [6, 6.07) is 22.7. The Morgan fingerprint density at radius 2 is 1.86 bits per heavy atom. The van der Waals surface area contributed by atoms with Crippen molar-refractivity contribution in [3.8, 4) is 0 Å². The fourth-order valence-electron chi connectivity index (χ4n) is 5.86. The number of carbonyl (C=O) groups is 1. The molecule has 42 heavy (non-hydrogen) atoms. The number of amides is 1. The number of sulfonamides is 1. The van der Waals surface area contributed by atoms with Crippen LogP contribution in [0.1, 0.15) is 80.1 Å². The summed E-state index contributed by atoms with van der Waals surface area (Å²) >= 11 is 0. The van der Waals surface area contributed by atoms with Crippen LogP contribution in [-0.2, 0) is 33.8 Å². The fourth-order valence-corrected chi connectivity index (χ4v) is 7.22. The second-order valence-electron chi connectivity index (χ2n) is 12.1. The van der Waals surface area contributed by atoms with E-state index in [1.54, 1.807) is 29.3 Å². The predicted octanol–water partition coefficient (Wildman–Crippen LogP) is 6.55. The Bertz CT molecular complexity index is 1680. The third-order valence-electron chi connectivity index (χ3n) is 8.48. The van der Waals surface area contributed by atoms with Gasteiger partial charge in [0, 0.05) is 37.6 Å². The number of imidazole rings is 1. The van der Waals surface area contributed by atoms with Gasteiger partial charge in [0.25, 0.3) is 0 Å². The molecule has 0 radical (unpaired) electrons. The van der Waals surface area contributed by atoms with E-state index in [0.29, 0.717) is 19.4 Å². The number of benzene rings is 3. The van der Waals surface area contributed by atoms with Crippen molar-refractivity contribution < 1.29 is 13.2 Å². The second kappa shape index (κ2) is 11.9. The van der Waals surface area contributed by atoms with Crippen molar-refractivity contribution in [2.45, 2.75) is 75.8 Å². The van der Waals surface area contributed by atoms with E-state index in [1.807, 2.05) is 73.3 Å². The van der Waals surface area contributed by atoms with Crippen molar-refractivity contribution in [1.82, 2.24) is 14.3 Å². The number of aryl methyl sites for hydroxylation is 2. The van der Waals surface area contributed by atoms with E-state index in [-0.39, 0.29) is 22.1 Å². The van der Waals surface area contributed by atoms with E-state index in [4.69, 9.17) is 0 Å². The zero-order valence-electron chi connectivity index (χ0n) is 25.0. The molecule has 1 aliphatic rings. The lowest BCUT2D eigenvalue weighted by Gasteiger charge is -2.38. The number of hydrogen-bond acceptors (Lipinski definition) is 4. The van der Waals surface area contributed by atoms with Gasteiger partial charge in [-0.1, -0.05) is 69.3 Å². The van der Waals surface area contributed by atoms with Gasteiger partial charge in [0.05, 0.1) is 11.4 Å². The van der Waals surface area contributed by atoms with Crippen molar-refractivity contribution in [3.05, 3.63) is 113 Å². The van der Waals surface area contributed by atoms with Gasteiger partial charge in [0.15, 0.2) is 0 Å². The van der Waals surface area contributed by atoms with Crippen LogP contribution in [0.2, 0.25) is 0 Å². The first-order valence-electron chi connectivity index (χ1n) is 14.5. The minimum atomic E-state index is -3.75. The van der Waals surface area contributed by atoms with Gasteiger partial charge >= 0.3 is 0 Å². The van der Waals surface area contributed by atoms with Crippen LogP contribution in [0.3, 0.4) is 0 Å². The molecule has 0 saturated carbocycles. The van der Waals surface area contributed by atoms with Crippen molar-refractivity contribution in [2.75, 3.05) is 4.90 Å². The highest BCUT2D eigenvalue weighted by atomic mass is 32.2. The zero-order chi connectivity index (χ0) is 30.1. The molecule has 7 nitrogen and oxygen atoms in total. The van der Waals surface area contributed by atoms with E-state index in [9.17, 15) is 13.2 Å². The van der Waals surface area contributed by atoms with Gasteiger partial charge in [-0.15, -0.1) is 0 Å². The van der Waals surface area contributed by atoms with Crippen LogP contribution in [0.25, 0.3) is 0 Å². The van der Waals surface area contributed by atoms with Crippen LogP contribution >= 0.6 is 0 Å². The van der Waals surface area contributed by atoms with Gasteiger partial charge in [0.1, 0.15) is 5.82 Å². The Labute approximate surface area is 249 Å². The van der Waals surface area contributed by atoms with Gasteiger partial charge in [0.2, 0.25) is 15.9 Å². The quantitative estimate of drug-likeness (QED) is 0.242. The van der Waals surface area contributed by atoms with E-state index >= 15 is 0 Å². The smallest absolute Gasteiger partial charge is 0.241 e. The molecule has 1 aromatic heterocycles. The standard InChI is InChI=1S/C34H40N4O3S/c1-24-10-9-13-28(20-24)42(40,41)36-31-16-17-34(3,4)30-15-14-27(22-29(30)31)38(23-32-35-18-19-37(32)5)33(39)21-25(2)26-11-7-6-8-12-26/h6-15,18-20,22,25,31,36H,16-17,21,23H2,1-5H3/t25-,31-/m1/s1. The van der Waals surface area contributed by atoms with Crippen LogP contribution in [0, 0.1) is 6.92 Å². The molecule has 1 aliphatic carbocycles. The third-order valence-corrected chi connectivity index (χ3v) is 9.95. The molecule has 1 heterocycles. The predicted molar refractivity (Wildman–Crippen MR) is 167 cm³/mol. The van der Waals surface area contributed by atoms with E-state index in [0.717, 1.165) is 40.2 Å². The maximum Gasteiger partial charge on any atom is 0.241 e. The highest BCUT2D eigenvalue weighted by molar-refractivity contribution is 7.89. The topological polar surface area (TPSA) is 84.3 Å². The third kappa shape index (κ3) is 6.35. The minimum Gasteiger partial charge on any atom is -0.337 e. The van der Waals surface area contributed by atoms with Crippen molar-refractivity contribution >= 4 is 21.6 Å². The van der Waals surface area contributed by atoms with E-state index in [1.165, 1.54) is 0 Å². The molecule has 8 heteroatoms. The molecule has 0 bridgehead atoms. The van der Waals surface area contributed by atoms with Gasteiger partial charge in [-0.3, -0.25) is 4.79 Å². The lowest BCUT2D eigenvalue weighted by Crippen LogP contribution is -2.37. The van der Waals surface area contributed by atoms with Crippen molar-refractivity contribution in [3.63, 3.8) is 0 Å². The molecule has 4 aromatic rings. The van der Waals surface area contributed by atoms with Gasteiger partial charge in [-0.2, -0.15) is 0 Å². The molecular weight excluding hydrogens is 544 g/mol. The number of carbonyl (C=O) groups excluding carboxylic acids is 1. The van der Waals surface area contributed by atoms with Crippen LogP contribution in [0.4, 0.5) is 5.69 Å². The molecule has 3 aromatic carbocycles. The minimum absolute atomic E-state index is 0.0127. The second-order valence-corrected chi connectivity index (χ2v) is 13.8. The summed E-state index contributed by atoms with van der Waals surface area (Å²) in [4.78, 5) is 20.5. The van der Waals surface area contributed by atoms with Crippen molar-refractivity contribution in [2.24, 2.45) is 7.05 Å². The summed E-state index contributed by atoms with van der Waals surface area (Å²) in [5.74, 6) is 0.791. The van der Waals surface area contributed by atoms with E-state index < -0.39 is 16.1 Å². The number of aromatic nitrogens is 2. The van der Waals surface area contributed by atoms with Gasteiger partial charge < -0.3 is 9.47 Å².